The standard InChI is InChI=1S/C28H35ClN4O4/c1-17(2)22(32-27(36)37-28(5,6)7)26(35)33(16-15-30)24(20-13-9-8-11-18(20)3)25(34)31-23-19(4)12-10-14-21(23)29/h8-14,17,22,24H,16H2,1-7H3,(H,31,34)(H,32,36). The molecule has 0 saturated heterocycles. The van der Waals surface area contributed by atoms with Crippen LogP contribution in [-0.2, 0) is 14.3 Å². The number of hydrogen-bond acceptors (Lipinski definition) is 5. The zero-order valence-electron chi connectivity index (χ0n) is 22.4. The molecule has 0 saturated carbocycles. The third-order valence-electron chi connectivity index (χ3n) is 5.64. The molecule has 0 spiro atoms. The van der Waals surface area contributed by atoms with Crippen molar-refractivity contribution in [1.82, 2.24) is 10.2 Å². The number of nitriles is 1. The highest BCUT2D eigenvalue weighted by atomic mass is 35.5. The number of halogens is 1. The lowest BCUT2D eigenvalue weighted by atomic mass is 9.96. The van der Waals surface area contributed by atoms with E-state index < -0.39 is 35.6 Å². The van der Waals surface area contributed by atoms with Gasteiger partial charge < -0.3 is 20.3 Å². The topological polar surface area (TPSA) is 112 Å². The van der Waals surface area contributed by atoms with Crippen LogP contribution in [0.1, 0.15) is 57.4 Å². The largest absolute Gasteiger partial charge is 0.444 e. The highest BCUT2D eigenvalue weighted by molar-refractivity contribution is 6.34. The van der Waals surface area contributed by atoms with E-state index >= 15 is 0 Å². The van der Waals surface area contributed by atoms with Crippen LogP contribution in [0.3, 0.4) is 0 Å². The summed E-state index contributed by atoms with van der Waals surface area (Å²) in [6.07, 6.45) is -0.764. The third kappa shape index (κ3) is 7.96. The number of anilines is 1. The Morgan fingerprint density at radius 1 is 1.05 bits per heavy atom. The van der Waals surface area contributed by atoms with E-state index in [1.54, 1.807) is 58.9 Å². The van der Waals surface area contributed by atoms with Crippen molar-refractivity contribution < 1.29 is 19.1 Å². The van der Waals surface area contributed by atoms with E-state index in [-0.39, 0.29) is 12.5 Å². The van der Waals surface area contributed by atoms with Gasteiger partial charge in [0.15, 0.2) is 0 Å². The molecule has 3 amide bonds. The zero-order chi connectivity index (χ0) is 27.9. The number of rotatable bonds is 8. The fraction of sp³-hybridized carbons (Fsp3) is 0.429. The maximum Gasteiger partial charge on any atom is 0.408 e. The maximum atomic E-state index is 13.9. The number of para-hydroxylation sites is 1. The third-order valence-corrected chi connectivity index (χ3v) is 5.96. The summed E-state index contributed by atoms with van der Waals surface area (Å²) in [5.41, 5.74) is 1.71. The summed E-state index contributed by atoms with van der Waals surface area (Å²) in [4.78, 5) is 41.4. The molecular weight excluding hydrogens is 492 g/mol. The van der Waals surface area contributed by atoms with Crippen molar-refractivity contribution in [2.45, 2.75) is 66.2 Å². The van der Waals surface area contributed by atoms with E-state index in [1.807, 2.05) is 38.1 Å². The van der Waals surface area contributed by atoms with E-state index in [4.69, 9.17) is 16.3 Å². The molecule has 8 nitrogen and oxygen atoms in total. The summed E-state index contributed by atoms with van der Waals surface area (Å²) < 4.78 is 5.35. The fourth-order valence-electron chi connectivity index (χ4n) is 3.83. The van der Waals surface area contributed by atoms with Gasteiger partial charge in [-0.05, 0) is 63.3 Å². The Morgan fingerprint density at radius 3 is 2.22 bits per heavy atom. The lowest BCUT2D eigenvalue weighted by molar-refractivity contribution is -0.141. The second-order valence-electron chi connectivity index (χ2n) is 10.2. The maximum absolute atomic E-state index is 13.9. The molecule has 2 N–H and O–H groups in total. The van der Waals surface area contributed by atoms with E-state index in [2.05, 4.69) is 10.6 Å². The Hall–Kier alpha value is -3.57. The molecule has 0 radical (unpaired) electrons. The molecule has 2 aromatic carbocycles. The van der Waals surface area contributed by atoms with Crippen LogP contribution in [0.4, 0.5) is 10.5 Å². The van der Waals surface area contributed by atoms with E-state index in [0.29, 0.717) is 16.3 Å². The van der Waals surface area contributed by atoms with Crippen molar-refractivity contribution in [1.29, 1.82) is 5.26 Å². The smallest absolute Gasteiger partial charge is 0.408 e. The second-order valence-corrected chi connectivity index (χ2v) is 10.6. The SMILES string of the molecule is Cc1ccccc1C(C(=O)Nc1c(C)cccc1Cl)N(CC#N)C(=O)C(NC(=O)OC(C)(C)C)C(C)C. The number of alkyl carbamates (subject to hydrolysis) is 1. The fourth-order valence-corrected chi connectivity index (χ4v) is 4.09. The zero-order valence-corrected chi connectivity index (χ0v) is 23.1. The summed E-state index contributed by atoms with van der Waals surface area (Å²) in [5.74, 6) is -1.47. The number of aryl methyl sites for hydroxylation is 2. The van der Waals surface area contributed by atoms with Crippen molar-refractivity contribution in [2.24, 2.45) is 5.92 Å². The Labute approximate surface area is 223 Å². The summed E-state index contributed by atoms with van der Waals surface area (Å²) in [6.45, 7) is 11.9. The number of carbonyl (C=O) groups is 3. The minimum Gasteiger partial charge on any atom is -0.444 e. The molecule has 2 aromatic rings. The number of carbonyl (C=O) groups excluding carboxylic acids is 3. The van der Waals surface area contributed by atoms with Crippen LogP contribution in [0.25, 0.3) is 0 Å². The average Bonchev–Trinajstić information content (AvgIpc) is 2.79. The van der Waals surface area contributed by atoms with Crippen molar-refractivity contribution in [3.63, 3.8) is 0 Å². The first-order valence-electron chi connectivity index (χ1n) is 12.0. The number of ether oxygens (including phenoxy) is 1. The molecule has 0 aliphatic carbocycles. The summed E-state index contributed by atoms with van der Waals surface area (Å²) >= 11 is 6.35. The predicted molar refractivity (Wildman–Crippen MR) is 144 cm³/mol. The first-order valence-corrected chi connectivity index (χ1v) is 12.4. The predicted octanol–water partition coefficient (Wildman–Crippen LogP) is 5.54. The molecular formula is C28H35ClN4O4. The molecule has 198 valence electrons. The summed E-state index contributed by atoms with van der Waals surface area (Å²) in [7, 11) is 0. The lowest BCUT2D eigenvalue weighted by Gasteiger charge is -2.34. The number of nitrogens with zero attached hydrogens (tertiary/aromatic N) is 2. The minimum absolute atomic E-state index is 0.349. The average molecular weight is 527 g/mol. The van der Waals surface area contributed by atoms with Gasteiger partial charge >= 0.3 is 6.09 Å². The van der Waals surface area contributed by atoms with Gasteiger partial charge in [0.25, 0.3) is 5.91 Å². The van der Waals surface area contributed by atoms with Gasteiger partial charge in [0, 0.05) is 0 Å². The molecule has 0 bridgehead atoms. The van der Waals surface area contributed by atoms with Gasteiger partial charge in [-0.1, -0.05) is 61.8 Å². The molecule has 0 aliphatic rings. The van der Waals surface area contributed by atoms with Crippen molar-refractivity contribution in [2.75, 3.05) is 11.9 Å². The Balaban J connectivity index is 2.55. The van der Waals surface area contributed by atoms with Crippen LogP contribution in [0.15, 0.2) is 42.5 Å². The molecule has 0 heterocycles. The van der Waals surface area contributed by atoms with Crippen LogP contribution in [0.5, 0.6) is 0 Å². The second kappa shape index (κ2) is 12.6. The van der Waals surface area contributed by atoms with Gasteiger partial charge in [-0.15, -0.1) is 0 Å². The van der Waals surface area contributed by atoms with E-state index in [1.165, 1.54) is 4.90 Å². The first kappa shape index (κ1) is 29.7. The summed E-state index contributed by atoms with van der Waals surface area (Å²) in [6, 6.07) is 12.2. The highest BCUT2D eigenvalue weighted by Crippen LogP contribution is 2.30. The van der Waals surface area contributed by atoms with Gasteiger partial charge in [0.2, 0.25) is 5.91 Å². The van der Waals surface area contributed by atoms with Gasteiger partial charge in [-0.2, -0.15) is 5.26 Å². The number of amides is 3. The molecule has 0 aliphatic heterocycles. The highest BCUT2D eigenvalue weighted by Gasteiger charge is 2.38. The molecule has 37 heavy (non-hydrogen) atoms. The van der Waals surface area contributed by atoms with E-state index in [9.17, 15) is 19.6 Å². The quantitative estimate of drug-likeness (QED) is 0.439. The Bertz CT molecular complexity index is 1160. The molecule has 2 atom stereocenters. The van der Waals surface area contributed by atoms with Gasteiger partial charge in [0.1, 0.15) is 24.2 Å². The van der Waals surface area contributed by atoms with Crippen molar-refractivity contribution in [3.8, 4) is 6.07 Å². The molecule has 0 fully saturated rings. The number of nitrogens with one attached hydrogen (secondary N) is 2. The van der Waals surface area contributed by atoms with Crippen LogP contribution < -0.4 is 10.6 Å². The number of hydrogen-bond donors (Lipinski definition) is 2. The van der Waals surface area contributed by atoms with Crippen LogP contribution >= 0.6 is 11.6 Å². The van der Waals surface area contributed by atoms with Crippen LogP contribution in [0.2, 0.25) is 5.02 Å². The van der Waals surface area contributed by atoms with Crippen LogP contribution in [0, 0.1) is 31.1 Å². The van der Waals surface area contributed by atoms with Gasteiger partial charge in [0.05, 0.1) is 16.8 Å². The van der Waals surface area contributed by atoms with Gasteiger partial charge in [-0.3, -0.25) is 9.59 Å². The summed E-state index contributed by atoms with van der Waals surface area (Å²) in [5, 5.41) is 15.5. The van der Waals surface area contributed by atoms with Gasteiger partial charge in [-0.25, -0.2) is 4.79 Å². The Morgan fingerprint density at radius 2 is 1.68 bits per heavy atom. The minimum atomic E-state index is -1.16. The lowest BCUT2D eigenvalue weighted by Crippen LogP contribution is -2.54. The van der Waals surface area contributed by atoms with Crippen molar-refractivity contribution >= 4 is 35.2 Å². The normalized spacial score (nSPS) is 12.8. The first-order chi connectivity index (χ1) is 17.3. The Kier molecular flexibility index (Phi) is 10.1. The molecule has 0 aromatic heterocycles. The van der Waals surface area contributed by atoms with Crippen LogP contribution in [-0.4, -0.2) is 41.0 Å². The monoisotopic (exact) mass is 526 g/mol. The molecule has 2 unspecified atom stereocenters. The van der Waals surface area contributed by atoms with Crippen molar-refractivity contribution in [3.05, 3.63) is 64.2 Å². The molecule has 9 heteroatoms. The van der Waals surface area contributed by atoms with E-state index in [0.717, 1.165) is 11.1 Å². The number of benzene rings is 2. The molecule has 2 rings (SSSR count).